The van der Waals surface area contributed by atoms with E-state index in [2.05, 4.69) is 12.6 Å². The molecule has 0 aromatic heterocycles. The summed E-state index contributed by atoms with van der Waals surface area (Å²) in [4.78, 5) is 10.6. The van der Waals surface area contributed by atoms with Crippen LogP contribution in [0.2, 0.25) is 0 Å². The van der Waals surface area contributed by atoms with Crippen molar-refractivity contribution in [2.24, 2.45) is 0 Å². The lowest BCUT2D eigenvalue weighted by molar-refractivity contribution is 0.265. The molecule has 0 bridgehead atoms. The Balaban J connectivity index is 3.17. The van der Waals surface area contributed by atoms with Gasteiger partial charge in [0.05, 0.1) is 4.90 Å². The van der Waals surface area contributed by atoms with Crippen LogP contribution in [0.5, 0.6) is 0 Å². The Morgan fingerprint density at radius 3 is 2.43 bits per heavy atom. The van der Waals surface area contributed by atoms with Gasteiger partial charge in [-0.3, -0.25) is 4.79 Å². The highest BCUT2D eigenvalue weighted by atomic mass is 32.2. The van der Waals surface area contributed by atoms with Gasteiger partial charge in [-0.15, -0.1) is 0 Å². The smallest absolute Gasteiger partial charge is 0.261 e. The summed E-state index contributed by atoms with van der Waals surface area (Å²) in [5.74, 6) is 0. The van der Waals surface area contributed by atoms with Crippen molar-refractivity contribution in [2.45, 2.75) is 11.8 Å². The van der Waals surface area contributed by atoms with Gasteiger partial charge in [-0.1, -0.05) is 30.8 Å². The van der Waals surface area contributed by atoms with Crippen LogP contribution in [0.3, 0.4) is 0 Å². The number of amides is 1. The second-order valence-corrected chi connectivity index (χ2v) is 4.73. The standard InChI is InChI=1S/C8H9NO3S2/c1-6-4-2-3-5-7(6)14(11,12)9-8(10)13/h2-5H,1H3,(H2,9,10,13). The third kappa shape index (κ3) is 2.49. The molecule has 1 rings (SSSR count). The highest BCUT2D eigenvalue weighted by molar-refractivity contribution is 7.99. The highest BCUT2D eigenvalue weighted by Gasteiger charge is 2.17. The second kappa shape index (κ2) is 4.02. The fourth-order valence-electron chi connectivity index (χ4n) is 1.03. The molecule has 14 heavy (non-hydrogen) atoms. The summed E-state index contributed by atoms with van der Waals surface area (Å²) in [6.07, 6.45) is 0. The maximum Gasteiger partial charge on any atom is 0.289 e. The maximum atomic E-state index is 11.5. The molecular weight excluding hydrogens is 222 g/mol. The van der Waals surface area contributed by atoms with Gasteiger partial charge in [-0.25, -0.2) is 13.1 Å². The lowest BCUT2D eigenvalue weighted by atomic mass is 10.2. The molecule has 4 nitrogen and oxygen atoms in total. The highest BCUT2D eigenvalue weighted by Crippen LogP contribution is 2.13. The van der Waals surface area contributed by atoms with Crippen LogP contribution in [0.1, 0.15) is 5.56 Å². The van der Waals surface area contributed by atoms with E-state index in [1.165, 1.54) is 6.07 Å². The summed E-state index contributed by atoms with van der Waals surface area (Å²) in [6.45, 7) is 1.65. The maximum absolute atomic E-state index is 11.5. The normalized spacial score (nSPS) is 11.0. The summed E-state index contributed by atoms with van der Waals surface area (Å²) >= 11 is 3.35. The zero-order valence-corrected chi connectivity index (χ0v) is 9.10. The summed E-state index contributed by atoms with van der Waals surface area (Å²) < 4.78 is 24.7. The Morgan fingerprint density at radius 1 is 1.36 bits per heavy atom. The minimum Gasteiger partial charge on any atom is -0.261 e. The van der Waals surface area contributed by atoms with Gasteiger partial charge in [0.2, 0.25) is 0 Å². The van der Waals surface area contributed by atoms with E-state index in [0.717, 1.165) is 0 Å². The van der Waals surface area contributed by atoms with Crippen molar-refractivity contribution in [3.05, 3.63) is 29.8 Å². The van der Waals surface area contributed by atoms with E-state index in [1.807, 2.05) is 0 Å². The molecule has 76 valence electrons. The average molecular weight is 231 g/mol. The Kier molecular flexibility index (Phi) is 3.17. The first-order valence-corrected chi connectivity index (χ1v) is 5.68. The van der Waals surface area contributed by atoms with Gasteiger partial charge in [0.25, 0.3) is 15.3 Å². The lowest BCUT2D eigenvalue weighted by Crippen LogP contribution is -2.26. The Bertz CT molecular complexity index is 453. The molecule has 0 atom stereocenters. The molecule has 0 aliphatic heterocycles. The predicted octanol–water partition coefficient (Wildman–Crippen LogP) is 1.32. The lowest BCUT2D eigenvalue weighted by Gasteiger charge is -2.06. The minimum atomic E-state index is -3.77. The van der Waals surface area contributed by atoms with Gasteiger partial charge in [-0.05, 0) is 18.6 Å². The molecule has 0 radical (unpaired) electrons. The van der Waals surface area contributed by atoms with Crippen molar-refractivity contribution in [2.75, 3.05) is 0 Å². The zero-order chi connectivity index (χ0) is 10.8. The largest absolute Gasteiger partial charge is 0.289 e. The monoisotopic (exact) mass is 231 g/mol. The number of carbonyl (C=O) groups is 1. The topological polar surface area (TPSA) is 63.2 Å². The molecular formula is C8H9NO3S2. The molecule has 0 saturated carbocycles. The molecule has 0 fully saturated rings. The van der Waals surface area contributed by atoms with Crippen molar-refractivity contribution in [3.8, 4) is 0 Å². The fourth-order valence-corrected chi connectivity index (χ4v) is 2.48. The van der Waals surface area contributed by atoms with E-state index in [-0.39, 0.29) is 4.90 Å². The number of nitrogens with one attached hydrogen (secondary N) is 1. The zero-order valence-electron chi connectivity index (χ0n) is 7.39. The molecule has 1 amide bonds. The number of rotatable bonds is 2. The third-order valence-electron chi connectivity index (χ3n) is 1.60. The molecule has 0 unspecified atom stereocenters. The number of sulfonamides is 1. The molecule has 0 aliphatic carbocycles. The van der Waals surface area contributed by atoms with E-state index in [9.17, 15) is 13.2 Å². The second-order valence-electron chi connectivity index (χ2n) is 2.68. The van der Waals surface area contributed by atoms with Crippen LogP contribution in [-0.4, -0.2) is 13.7 Å². The Labute approximate surface area is 87.8 Å². The third-order valence-corrected chi connectivity index (χ3v) is 3.36. The van der Waals surface area contributed by atoms with E-state index < -0.39 is 15.3 Å². The van der Waals surface area contributed by atoms with Crippen LogP contribution in [0.15, 0.2) is 29.2 Å². The summed E-state index contributed by atoms with van der Waals surface area (Å²) in [6, 6.07) is 6.38. The molecule has 0 saturated heterocycles. The number of hydrogen-bond donors (Lipinski definition) is 2. The van der Waals surface area contributed by atoms with Crippen molar-refractivity contribution >= 4 is 27.9 Å². The van der Waals surface area contributed by atoms with E-state index in [1.54, 1.807) is 29.8 Å². The molecule has 0 spiro atoms. The van der Waals surface area contributed by atoms with Crippen molar-refractivity contribution in [1.29, 1.82) is 0 Å². The van der Waals surface area contributed by atoms with Gasteiger partial charge in [0.1, 0.15) is 0 Å². The van der Waals surface area contributed by atoms with Gasteiger partial charge in [0.15, 0.2) is 0 Å². The molecule has 6 heteroatoms. The summed E-state index contributed by atoms with van der Waals surface area (Å²) in [7, 11) is -3.77. The fraction of sp³-hybridized carbons (Fsp3) is 0.125. The molecule has 0 aliphatic rings. The van der Waals surface area contributed by atoms with E-state index >= 15 is 0 Å². The average Bonchev–Trinajstić information content (AvgIpc) is 2.02. The van der Waals surface area contributed by atoms with Crippen LogP contribution in [-0.2, 0) is 10.0 Å². The van der Waals surface area contributed by atoms with Gasteiger partial charge in [-0.2, -0.15) is 0 Å². The number of aryl methyl sites for hydroxylation is 1. The van der Waals surface area contributed by atoms with E-state index in [0.29, 0.717) is 5.56 Å². The van der Waals surface area contributed by atoms with Crippen molar-refractivity contribution in [1.82, 2.24) is 4.72 Å². The van der Waals surface area contributed by atoms with Gasteiger partial charge in [0, 0.05) is 0 Å². The van der Waals surface area contributed by atoms with Crippen LogP contribution in [0, 0.1) is 6.92 Å². The quantitative estimate of drug-likeness (QED) is 0.755. The molecule has 0 heterocycles. The Morgan fingerprint density at radius 2 is 1.93 bits per heavy atom. The number of thiol groups is 1. The van der Waals surface area contributed by atoms with Crippen LogP contribution < -0.4 is 4.72 Å². The first kappa shape index (κ1) is 11.1. The van der Waals surface area contributed by atoms with Gasteiger partial charge < -0.3 is 0 Å². The molecule has 1 aromatic carbocycles. The summed E-state index contributed by atoms with van der Waals surface area (Å²) in [5, 5.41) is -0.895. The predicted molar refractivity (Wildman–Crippen MR) is 55.9 cm³/mol. The van der Waals surface area contributed by atoms with Crippen molar-refractivity contribution in [3.63, 3.8) is 0 Å². The SMILES string of the molecule is Cc1ccccc1S(=O)(=O)NC(=O)S. The van der Waals surface area contributed by atoms with Crippen LogP contribution in [0.4, 0.5) is 4.79 Å². The number of hydrogen-bond acceptors (Lipinski definition) is 3. The summed E-state index contributed by atoms with van der Waals surface area (Å²) in [5.41, 5.74) is 0.578. The molecule has 1 N–H and O–H groups in total. The number of benzene rings is 1. The van der Waals surface area contributed by atoms with Crippen LogP contribution in [0.25, 0.3) is 0 Å². The number of carbonyl (C=O) groups excluding carboxylic acids is 1. The molecule has 1 aromatic rings. The van der Waals surface area contributed by atoms with E-state index in [4.69, 9.17) is 0 Å². The van der Waals surface area contributed by atoms with Crippen molar-refractivity contribution < 1.29 is 13.2 Å². The minimum absolute atomic E-state index is 0.0856. The Hall–Kier alpha value is -1.01. The first-order valence-electron chi connectivity index (χ1n) is 3.75. The van der Waals surface area contributed by atoms with Gasteiger partial charge >= 0.3 is 0 Å². The first-order chi connectivity index (χ1) is 6.43. The van der Waals surface area contributed by atoms with Crippen LogP contribution >= 0.6 is 12.6 Å².